The van der Waals surface area contributed by atoms with Crippen LogP contribution in [0, 0.1) is 6.92 Å². The smallest absolute Gasteiger partial charge is 0.249 e. The van der Waals surface area contributed by atoms with Gasteiger partial charge in [-0.2, -0.15) is 0 Å². The third-order valence-electron chi connectivity index (χ3n) is 4.10. The standard InChI is InChI=1S/C18H21N3O2/c1-13-11-21(12-19-13)16-7-6-14(10-17(16)23-3)9-15-5-4-8-20(2)18(15)22/h6-7,9-12H,4-5,8H2,1-3H3/b15-9+. The molecule has 5 nitrogen and oxygen atoms in total. The SMILES string of the molecule is COc1cc(/C=C2\CCCN(C)C2=O)ccc1-n1cnc(C)c1. The van der Waals surface area contributed by atoms with Crippen LogP contribution in [0.15, 0.2) is 36.3 Å². The number of ether oxygens (including phenoxy) is 1. The third kappa shape index (κ3) is 3.13. The van der Waals surface area contributed by atoms with Gasteiger partial charge in [0.25, 0.3) is 0 Å². The Morgan fingerprint density at radius 1 is 1.35 bits per heavy atom. The quantitative estimate of drug-likeness (QED) is 0.819. The molecule has 0 N–H and O–H groups in total. The van der Waals surface area contributed by atoms with Gasteiger partial charge >= 0.3 is 0 Å². The molecule has 0 aliphatic carbocycles. The maximum absolute atomic E-state index is 12.2. The number of piperidine rings is 1. The van der Waals surface area contributed by atoms with Crippen LogP contribution in [0.1, 0.15) is 24.1 Å². The number of hydrogen-bond donors (Lipinski definition) is 0. The van der Waals surface area contributed by atoms with Crippen molar-refractivity contribution >= 4 is 12.0 Å². The number of amides is 1. The summed E-state index contributed by atoms with van der Waals surface area (Å²) in [6, 6.07) is 5.95. The first-order valence-corrected chi connectivity index (χ1v) is 7.73. The Balaban J connectivity index is 1.94. The molecule has 0 radical (unpaired) electrons. The van der Waals surface area contributed by atoms with Gasteiger partial charge in [-0.05, 0) is 43.5 Å². The lowest BCUT2D eigenvalue weighted by atomic mass is 10.0. The summed E-state index contributed by atoms with van der Waals surface area (Å²) < 4.78 is 7.45. The average Bonchev–Trinajstić information content (AvgIpc) is 2.98. The molecule has 1 fully saturated rings. The topological polar surface area (TPSA) is 47.4 Å². The van der Waals surface area contributed by atoms with Gasteiger partial charge in [0.1, 0.15) is 5.75 Å². The molecule has 1 amide bonds. The van der Waals surface area contributed by atoms with Gasteiger partial charge in [0.2, 0.25) is 5.91 Å². The van der Waals surface area contributed by atoms with Gasteiger partial charge in [-0.1, -0.05) is 6.07 Å². The van der Waals surface area contributed by atoms with E-state index in [2.05, 4.69) is 4.98 Å². The van der Waals surface area contributed by atoms with E-state index in [-0.39, 0.29) is 5.91 Å². The van der Waals surface area contributed by atoms with Gasteiger partial charge in [-0.3, -0.25) is 4.79 Å². The molecule has 1 aromatic heterocycles. The molecule has 1 saturated heterocycles. The second-order valence-corrected chi connectivity index (χ2v) is 5.85. The van der Waals surface area contributed by atoms with Crippen molar-refractivity contribution in [3.8, 4) is 11.4 Å². The van der Waals surface area contributed by atoms with Crippen LogP contribution < -0.4 is 4.74 Å². The summed E-state index contributed by atoms with van der Waals surface area (Å²) in [5, 5.41) is 0. The number of rotatable bonds is 3. The van der Waals surface area contributed by atoms with Crippen LogP contribution in [0.5, 0.6) is 5.75 Å². The van der Waals surface area contributed by atoms with Crippen LogP contribution in [-0.2, 0) is 4.79 Å². The highest BCUT2D eigenvalue weighted by Gasteiger charge is 2.19. The van der Waals surface area contributed by atoms with Crippen molar-refractivity contribution < 1.29 is 9.53 Å². The molecule has 5 heteroatoms. The zero-order valence-corrected chi connectivity index (χ0v) is 13.7. The van der Waals surface area contributed by atoms with E-state index in [0.29, 0.717) is 0 Å². The number of carbonyl (C=O) groups excluding carboxylic acids is 1. The first kappa shape index (κ1) is 15.3. The van der Waals surface area contributed by atoms with Gasteiger partial charge in [-0.25, -0.2) is 4.98 Å². The zero-order valence-electron chi connectivity index (χ0n) is 13.7. The van der Waals surface area contributed by atoms with E-state index in [1.54, 1.807) is 18.3 Å². The third-order valence-corrected chi connectivity index (χ3v) is 4.10. The number of likely N-dealkylation sites (N-methyl/N-ethyl adjacent to an activating group) is 1. The summed E-state index contributed by atoms with van der Waals surface area (Å²) in [5.74, 6) is 0.873. The van der Waals surface area contributed by atoms with Crippen molar-refractivity contribution in [1.29, 1.82) is 0 Å². The van der Waals surface area contributed by atoms with Crippen LogP contribution in [0.3, 0.4) is 0 Å². The van der Waals surface area contributed by atoms with Crippen molar-refractivity contribution in [1.82, 2.24) is 14.5 Å². The van der Waals surface area contributed by atoms with E-state index in [0.717, 1.165) is 47.7 Å². The number of methoxy groups -OCH3 is 1. The molecule has 120 valence electrons. The second kappa shape index (κ2) is 6.28. The minimum Gasteiger partial charge on any atom is -0.495 e. The Kier molecular flexibility index (Phi) is 4.19. The summed E-state index contributed by atoms with van der Waals surface area (Å²) in [6.07, 6.45) is 7.52. The molecule has 1 aliphatic heterocycles. The lowest BCUT2D eigenvalue weighted by molar-refractivity contribution is -0.127. The predicted molar refractivity (Wildman–Crippen MR) is 89.7 cm³/mol. The minimum absolute atomic E-state index is 0.115. The lowest BCUT2D eigenvalue weighted by Gasteiger charge is -2.24. The van der Waals surface area contributed by atoms with E-state index in [9.17, 15) is 4.79 Å². The number of nitrogens with zero attached hydrogens (tertiary/aromatic N) is 3. The first-order valence-electron chi connectivity index (χ1n) is 7.73. The van der Waals surface area contributed by atoms with E-state index >= 15 is 0 Å². The Morgan fingerprint density at radius 3 is 2.87 bits per heavy atom. The summed E-state index contributed by atoms with van der Waals surface area (Å²) in [6.45, 7) is 2.78. The molecule has 0 spiro atoms. The van der Waals surface area contributed by atoms with Crippen molar-refractivity contribution in [2.75, 3.05) is 20.7 Å². The Bertz CT molecular complexity index is 761. The zero-order chi connectivity index (χ0) is 16.4. The fraction of sp³-hybridized carbons (Fsp3) is 0.333. The largest absolute Gasteiger partial charge is 0.495 e. The molecule has 0 atom stereocenters. The summed E-state index contributed by atoms with van der Waals surface area (Å²) in [5.41, 5.74) is 3.71. The minimum atomic E-state index is 0.115. The van der Waals surface area contributed by atoms with Crippen LogP contribution in [0.2, 0.25) is 0 Å². The molecule has 0 unspecified atom stereocenters. The highest BCUT2D eigenvalue weighted by molar-refractivity contribution is 5.98. The van der Waals surface area contributed by atoms with E-state index in [1.165, 1.54) is 0 Å². The first-order chi connectivity index (χ1) is 11.1. The second-order valence-electron chi connectivity index (χ2n) is 5.85. The molecule has 2 aromatic rings. The number of hydrogen-bond acceptors (Lipinski definition) is 3. The van der Waals surface area contributed by atoms with Gasteiger partial charge in [0.05, 0.1) is 24.8 Å². The summed E-state index contributed by atoms with van der Waals surface area (Å²) in [4.78, 5) is 18.2. The van der Waals surface area contributed by atoms with Gasteiger partial charge < -0.3 is 14.2 Å². The van der Waals surface area contributed by atoms with E-state index in [4.69, 9.17) is 4.74 Å². The number of aromatic nitrogens is 2. The molecule has 1 aromatic carbocycles. The summed E-state index contributed by atoms with van der Waals surface area (Å²) >= 11 is 0. The van der Waals surface area contributed by atoms with Crippen molar-refractivity contribution in [3.63, 3.8) is 0 Å². The molecule has 0 bridgehead atoms. The van der Waals surface area contributed by atoms with Crippen LogP contribution >= 0.6 is 0 Å². The van der Waals surface area contributed by atoms with Crippen molar-refractivity contribution in [2.24, 2.45) is 0 Å². The van der Waals surface area contributed by atoms with Gasteiger partial charge in [-0.15, -0.1) is 0 Å². The lowest BCUT2D eigenvalue weighted by Crippen LogP contribution is -2.33. The highest BCUT2D eigenvalue weighted by atomic mass is 16.5. The monoisotopic (exact) mass is 311 g/mol. The number of carbonyl (C=O) groups is 1. The summed E-state index contributed by atoms with van der Waals surface area (Å²) in [7, 11) is 3.50. The van der Waals surface area contributed by atoms with Gasteiger partial charge in [0.15, 0.2) is 0 Å². The molecule has 23 heavy (non-hydrogen) atoms. The number of aryl methyl sites for hydroxylation is 1. The number of benzene rings is 1. The Labute approximate surface area is 136 Å². The van der Waals surface area contributed by atoms with Crippen molar-refractivity contribution in [3.05, 3.63) is 47.6 Å². The van der Waals surface area contributed by atoms with E-state index in [1.807, 2.05) is 49.0 Å². The Morgan fingerprint density at radius 2 is 2.17 bits per heavy atom. The molecule has 0 saturated carbocycles. The molecular weight excluding hydrogens is 290 g/mol. The highest BCUT2D eigenvalue weighted by Crippen LogP contribution is 2.27. The molecule has 2 heterocycles. The average molecular weight is 311 g/mol. The number of likely N-dealkylation sites (tertiary alicyclic amines) is 1. The van der Waals surface area contributed by atoms with Crippen LogP contribution in [-0.4, -0.2) is 41.1 Å². The number of imidazole rings is 1. The maximum Gasteiger partial charge on any atom is 0.249 e. The maximum atomic E-state index is 12.2. The predicted octanol–water partition coefficient (Wildman–Crippen LogP) is 2.82. The van der Waals surface area contributed by atoms with Gasteiger partial charge in [0, 0.05) is 25.4 Å². The normalized spacial score (nSPS) is 16.9. The fourth-order valence-corrected chi connectivity index (χ4v) is 2.85. The molecule has 3 rings (SSSR count). The molecule has 1 aliphatic rings. The van der Waals surface area contributed by atoms with E-state index < -0.39 is 0 Å². The fourth-order valence-electron chi connectivity index (χ4n) is 2.85. The van der Waals surface area contributed by atoms with Crippen LogP contribution in [0.25, 0.3) is 11.8 Å². The molecular formula is C18H21N3O2. The van der Waals surface area contributed by atoms with Crippen LogP contribution in [0.4, 0.5) is 0 Å². The Hall–Kier alpha value is -2.56. The van der Waals surface area contributed by atoms with Crippen molar-refractivity contribution in [2.45, 2.75) is 19.8 Å².